The Kier molecular flexibility index (Phi) is 5.50. The molecule has 1 aromatic rings. The summed E-state index contributed by atoms with van der Waals surface area (Å²) in [6.45, 7) is 5.13. The van der Waals surface area contributed by atoms with Crippen molar-refractivity contribution in [2.24, 2.45) is 0 Å². The van der Waals surface area contributed by atoms with E-state index < -0.39 is 10.8 Å². The summed E-state index contributed by atoms with van der Waals surface area (Å²) < 4.78 is 11.1. The molecular formula is C11H19NOS2. The van der Waals surface area contributed by atoms with E-state index >= 15 is 0 Å². The summed E-state index contributed by atoms with van der Waals surface area (Å²) in [6, 6.07) is 4.62. The second-order valence-electron chi connectivity index (χ2n) is 3.79. The van der Waals surface area contributed by atoms with Crippen molar-refractivity contribution >= 4 is 22.1 Å². The highest BCUT2D eigenvalue weighted by atomic mass is 32.2. The van der Waals surface area contributed by atoms with Gasteiger partial charge in [-0.05, 0) is 31.3 Å². The van der Waals surface area contributed by atoms with Crippen LogP contribution in [0.25, 0.3) is 0 Å². The number of rotatable bonds is 6. The molecule has 0 spiro atoms. The van der Waals surface area contributed by atoms with Gasteiger partial charge in [0.05, 0.1) is 0 Å². The molecule has 0 aliphatic rings. The van der Waals surface area contributed by atoms with Crippen LogP contribution in [0.2, 0.25) is 0 Å². The maximum atomic E-state index is 11.1. The van der Waals surface area contributed by atoms with Gasteiger partial charge in [0.2, 0.25) is 0 Å². The summed E-state index contributed by atoms with van der Waals surface area (Å²) in [5, 5.41) is 5.83. The van der Waals surface area contributed by atoms with Crippen molar-refractivity contribution in [2.45, 2.75) is 31.6 Å². The van der Waals surface area contributed by atoms with Gasteiger partial charge in [-0.2, -0.15) is 0 Å². The molecule has 0 aromatic carbocycles. The molecule has 15 heavy (non-hydrogen) atoms. The molecule has 0 aliphatic carbocycles. The molecule has 0 aliphatic heterocycles. The Labute approximate surface area is 98.6 Å². The van der Waals surface area contributed by atoms with Crippen LogP contribution in [0.4, 0.5) is 0 Å². The maximum Gasteiger partial charge on any atom is 0.0386 e. The predicted octanol–water partition coefficient (Wildman–Crippen LogP) is 2.56. The minimum atomic E-state index is -0.699. The SMILES string of the molecule is CC(NCCC(C)S(C)=O)c1cccs1. The van der Waals surface area contributed by atoms with Crippen LogP contribution >= 0.6 is 11.3 Å². The predicted molar refractivity (Wildman–Crippen MR) is 68.9 cm³/mol. The van der Waals surface area contributed by atoms with Gasteiger partial charge in [0.1, 0.15) is 0 Å². The summed E-state index contributed by atoms with van der Waals surface area (Å²) in [7, 11) is -0.699. The Balaban J connectivity index is 2.23. The van der Waals surface area contributed by atoms with Gasteiger partial charge in [-0.1, -0.05) is 13.0 Å². The van der Waals surface area contributed by atoms with Crippen LogP contribution in [0, 0.1) is 0 Å². The average molecular weight is 245 g/mol. The normalized spacial score (nSPS) is 17.3. The van der Waals surface area contributed by atoms with E-state index in [2.05, 4.69) is 29.8 Å². The molecule has 3 unspecified atom stereocenters. The van der Waals surface area contributed by atoms with Crippen LogP contribution in [0.5, 0.6) is 0 Å². The molecule has 4 heteroatoms. The second-order valence-corrected chi connectivity index (χ2v) is 6.57. The van der Waals surface area contributed by atoms with Crippen LogP contribution in [-0.2, 0) is 10.8 Å². The maximum absolute atomic E-state index is 11.1. The zero-order valence-electron chi connectivity index (χ0n) is 9.53. The lowest BCUT2D eigenvalue weighted by Gasteiger charge is -2.13. The molecule has 86 valence electrons. The monoisotopic (exact) mass is 245 g/mol. The van der Waals surface area contributed by atoms with Crippen molar-refractivity contribution in [3.63, 3.8) is 0 Å². The van der Waals surface area contributed by atoms with Gasteiger partial charge in [-0.25, -0.2) is 0 Å². The molecule has 0 radical (unpaired) electrons. The van der Waals surface area contributed by atoms with Crippen molar-refractivity contribution in [1.29, 1.82) is 0 Å². The lowest BCUT2D eigenvalue weighted by molar-refractivity contribution is 0.560. The molecule has 2 nitrogen and oxygen atoms in total. The second kappa shape index (κ2) is 6.40. The first-order valence-electron chi connectivity index (χ1n) is 5.20. The smallest absolute Gasteiger partial charge is 0.0386 e. The summed E-state index contributed by atoms with van der Waals surface area (Å²) in [5.74, 6) is 0. The molecule has 1 aromatic heterocycles. The number of hydrogen-bond donors (Lipinski definition) is 1. The molecule has 0 amide bonds. The van der Waals surface area contributed by atoms with Crippen molar-refractivity contribution in [2.75, 3.05) is 12.8 Å². The Morgan fingerprint density at radius 1 is 1.53 bits per heavy atom. The molecule has 1 heterocycles. The fraction of sp³-hybridized carbons (Fsp3) is 0.636. The van der Waals surface area contributed by atoms with Crippen LogP contribution in [0.3, 0.4) is 0 Å². The third-order valence-corrected chi connectivity index (χ3v) is 4.96. The molecule has 0 saturated carbocycles. The summed E-state index contributed by atoms with van der Waals surface area (Å²) in [4.78, 5) is 1.36. The van der Waals surface area contributed by atoms with E-state index in [0.717, 1.165) is 13.0 Å². The molecule has 0 fully saturated rings. The largest absolute Gasteiger partial charge is 0.309 e. The molecule has 3 atom stereocenters. The molecular weight excluding hydrogens is 226 g/mol. The Morgan fingerprint density at radius 3 is 2.80 bits per heavy atom. The first-order chi connectivity index (χ1) is 7.11. The zero-order valence-corrected chi connectivity index (χ0v) is 11.2. The van der Waals surface area contributed by atoms with E-state index in [-0.39, 0.29) is 5.25 Å². The standard InChI is InChI=1S/C11H19NOS2/c1-9(15(3)13)6-7-12-10(2)11-5-4-8-14-11/h4-5,8-10,12H,6-7H2,1-3H3. The number of nitrogens with one attached hydrogen (secondary N) is 1. The van der Waals surface area contributed by atoms with Gasteiger partial charge in [0.25, 0.3) is 0 Å². The summed E-state index contributed by atoms with van der Waals surface area (Å²) >= 11 is 1.77. The van der Waals surface area contributed by atoms with Crippen molar-refractivity contribution in [3.8, 4) is 0 Å². The Bertz CT molecular complexity index is 298. The van der Waals surface area contributed by atoms with Crippen molar-refractivity contribution in [3.05, 3.63) is 22.4 Å². The van der Waals surface area contributed by atoms with Crippen LogP contribution in [-0.4, -0.2) is 22.3 Å². The zero-order chi connectivity index (χ0) is 11.3. The van der Waals surface area contributed by atoms with Gasteiger partial charge in [0.15, 0.2) is 0 Å². The Morgan fingerprint density at radius 2 is 2.27 bits per heavy atom. The first kappa shape index (κ1) is 12.9. The lowest BCUT2D eigenvalue weighted by atomic mass is 10.2. The van der Waals surface area contributed by atoms with Gasteiger partial charge >= 0.3 is 0 Å². The van der Waals surface area contributed by atoms with E-state index in [1.165, 1.54) is 4.88 Å². The molecule has 1 rings (SSSR count). The van der Waals surface area contributed by atoms with Crippen LogP contribution in [0.15, 0.2) is 17.5 Å². The third-order valence-electron chi connectivity index (χ3n) is 2.54. The van der Waals surface area contributed by atoms with Gasteiger partial charge in [0, 0.05) is 33.2 Å². The Hall–Kier alpha value is -0.190. The van der Waals surface area contributed by atoms with E-state index in [1.807, 2.05) is 6.92 Å². The highest BCUT2D eigenvalue weighted by Gasteiger charge is 2.08. The lowest BCUT2D eigenvalue weighted by Crippen LogP contribution is -2.23. The van der Waals surface area contributed by atoms with Crippen LogP contribution in [0.1, 0.15) is 31.2 Å². The van der Waals surface area contributed by atoms with E-state index in [9.17, 15) is 4.21 Å². The highest BCUT2D eigenvalue weighted by molar-refractivity contribution is 7.84. The fourth-order valence-electron chi connectivity index (χ4n) is 1.31. The minimum Gasteiger partial charge on any atom is -0.309 e. The topological polar surface area (TPSA) is 29.1 Å². The molecule has 1 N–H and O–H groups in total. The number of hydrogen-bond acceptors (Lipinski definition) is 3. The first-order valence-corrected chi connectivity index (χ1v) is 7.70. The van der Waals surface area contributed by atoms with E-state index in [1.54, 1.807) is 17.6 Å². The molecule has 0 bridgehead atoms. The van der Waals surface area contributed by atoms with E-state index in [0.29, 0.717) is 6.04 Å². The average Bonchev–Trinajstić information content (AvgIpc) is 2.70. The third kappa shape index (κ3) is 4.45. The highest BCUT2D eigenvalue weighted by Crippen LogP contribution is 2.17. The van der Waals surface area contributed by atoms with Crippen LogP contribution < -0.4 is 5.32 Å². The van der Waals surface area contributed by atoms with Gasteiger partial charge in [-0.15, -0.1) is 11.3 Å². The van der Waals surface area contributed by atoms with E-state index in [4.69, 9.17) is 0 Å². The van der Waals surface area contributed by atoms with Gasteiger partial charge < -0.3 is 5.32 Å². The summed E-state index contributed by atoms with van der Waals surface area (Å²) in [6.07, 6.45) is 2.74. The minimum absolute atomic E-state index is 0.285. The summed E-state index contributed by atoms with van der Waals surface area (Å²) in [5.41, 5.74) is 0. The quantitative estimate of drug-likeness (QED) is 0.834. The van der Waals surface area contributed by atoms with Gasteiger partial charge in [-0.3, -0.25) is 4.21 Å². The number of thiophene rings is 1. The molecule has 0 saturated heterocycles. The fourth-order valence-corrected chi connectivity index (χ4v) is 2.52. The van der Waals surface area contributed by atoms with Crippen molar-refractivity contribution < 1.29 is 4.21 Å². The van der Waals surface area contributed by atoms with Crippen molar-refractivity contribution in [1.82, 2.24) is 5.32 Å².